The summed E-state index contributed by atoms with van der Waals surface area (Å²) >= 11 is 0. The van der Waals surface area contributed by atoms with Crippen molar-refractivity contribution in [3.05, 3.63) is 59.0 Å². The fourth-order valence-electron chi connectivity index (χ4n) is 6.03. The molecule has 1 saturated carbocycles. The molecule has 3 aromatic rings. The third-order valence-corrected chi connectivity index (χ3v) is 7.97. The van der Waals surface area contributed by atoms with Crippen molar-refractivity contribution in [2.75, 3.05) is 4.90 Å². The van der Waals surface area contributed by atoms with E-state index in [4.69, 9.17) is 14.0 Å². The maximum absolute atomic E-state index is 13.6. The minimum atomic E-state index is -4.83. The molecule has 41 heavy (non-hydrogen) atoms. The first-order chi connectivity index (χ1) is 19.6. The van der Waals surface area contributed by atoms with Gasteiger partial charge in [-0.05, 0) is 56.7 Å². The number of aromatic carboxylic acids is 1. The molecule has 0 amide bonds. The van der Waals surface area contributed by atoms with Crippen LogP contribution in [0.2, 0.25) is 0 Å². The van der Waals surface area contributed by atoms with Crippen LogP contribution in [0.25, 0.3) is 11.3 Å². The largest absolute Gasteiger partial charge is 0.478 e. The molecule has 6 rings (SSSR count). The normalized spacial score (nSPS) is 22.4. The molecule has 0 spiro atoms. The third kappa shape index (κ3) is 5.46. The summed E-state index contributed by atoms with van der Waals surface area (Å²) in [6.45, 7) is -2.88. The highest BCUT2D eigenvalue weighted by atomic mass is 19.4. The molecule has 3 aliphatic rings. The van der Waals surface area contributed by atoms with E-state index in [1.165, 1.54) is 6.07 Å². The van der Waals surface area contributed by atoms with Crippen LogP contribution in [-0.4, -0.2) is 46.0 Å². The first-order valence-electron chi connectivity index (χ1n) is 13.3. The van der Waals surface area contributed by atoms with E-state index in [0.29, 0.717) is 35.4 Å². The number of halogens is 5. The summed E-state index contributed by atoms with van der Waals surface area (Å²) in [5, 5.41) is 13.4. The summed E-state index contributed by atoms with van der Waals surface area (Å²) in [6.07, 6.45) is 0.101. The van der Waals surface area contributed by atoms with Crippen LogP contribution in [0.4, 0.5) is 27.8 Å². The summed E-state index contributed by atoms with van der Waals surface area (Å²) in [5.41, 5.74) is -0.688. The van der Waals surface area contributed by atoms with Gasteiger partial charge in [0.25, 0.3) is 0 Å². The number of benzene rings is 1. The highest BCUT2D eigenvalue weighted by Gasteiger charge is 2.44. The van der Waals surface area contributed by atoms with Gasteiger partial charge in [-0.2, -0.15) is 22.0 Å². The number of nitrogens with zero attached hydrogens (tertiary/aromatic N) is 3. The molecule has 0 radical (unpaired) electrons. The standard InChI is InChI=1S/C28H26F5N3O5/c29-27(30)40-22-4-2-1-3-18(22)24-20(25(41-35-24)14-5-6-14)13-39-17-9-15-7-8-16(10-17)36(15)23-11-21(28(31,32)33)19(12-34-23)26(37)38/h1-4,11-12,14-17,27H,5-10,13H2,(H,37,38). The van der Waals surface area contributed by atoms with Crippen LogP contribution in [-0.2, 0) is 17.5 Å². The van der Waals surface area contributed by atoms with Crippen molar-refractivity contribution >= 4 is 11.8 Å². The Morgan fingerprint density at radius 3 is 2.46 bits per heavy atom. The molecule has 218 valence electrons. The Hall–Kier alpha value is -3.74. The monoisotopic (exact) mass is 579 g/mol. The molecule has 2 bridgehead atoms. The van der Waals surface area contributed by atoms with E-state index >= 15 is 0 Å². The zero-order chi connectivity index (χ0) is 28.9. The molecule has 2 atom stereocenters. The summed E-state index contributed by atoms with van der Waals surface area (Å²) in [7, 11) is 0. The molecule has 4 heterocycles. The summed E-state index contributed by atoms with van der Waals surface area (Å²) < 4.78 is 83.6. The predicted molar refractivity (Wildman–Crippen MR) is 134 cm³/mol. The lowest BCUT2D eigenvalue weighted by molar-refractivity contribution is -0.138. The Morgan fingerprint density at radius 2 is 1.83 bits per heavy atom. The fraction of sp³-hybridized carbons (Fsp3) is 0.464. The van der Waals surface area contributed by atoms with E-state index in [9.17, 15) is 31.9 Å². The number of alkyl halides is 5. The van der Waals surface area contributed by atoms with Crippen LogP contribution in [0.5, 0.6) is 5.75 Å². The van der Waals surface area contributed by atoms with Crippen LogP contribution in [0.3, 0.4) is 0 Å². The van der Waals surface area contributed by atoms with Gasteiger partial charge in [0.2, 0.25) is 0 Å². The van der Waals surface area contributed by atoms with Crippen LogP contribution in [0.15, 0.2) is 41.1 Å². The summed E-state index contributed by atoms with van der Waals surface area (Å²) in [4.78, 5) is 17.3. The van der Waals surface area contributed by atoms with E-state index in [0.717, 1.165) is 37.9 Å². The number of pyridine rings is 1. The number of hydrogen-bond acceptors (Lipinski definition) is 7. The second-order valence-corrected chi connectivity index (χ2v) is 10.6. The molecule has 1 aliphatic carbocycles. The number of carbonyl (C=O) groups is 1. The Balaban J connectivity index is 1.21. The van der Waals surface area contributed by atoms with Crippen molar-refractivity contribution in [2.45, 2.75) is 82.0 Å². The molecular formula is C28H26F5N3O5. The average molecular weight is 580 g/mol. The van der Waals surface area contributed by atoms with Gasteiger partial charge in [0, 0.05) is 35.3 Å². The molecule has 8 nitrogen and oxygen atoms in total. The molecule has 1 N–H and O–H groups in total. The second-order valence-electron chi connectivity index (χ2n) is 10.6. The van der Waals surface area contributed by atoms with Crippen molar-refractivity contribution in [2.24, 2.45) is 0 Å². The van der Waals surface area contributed by atoms with Gasteiger partial charge in [0.05, 0.1) is 23.8 Å². The van der Waals surface area contributed by atoms with E-state index in [-0.39, 0.29) is 42.3 Å². The molecule has 2 unspecified atom stereocenters. The van der Waals surface area contributed by atoms with E-state index in [1.54, 1.807) is 18.2 Å². The Morgan fingerprint density at radius 1 is 1.12 bits per heavy atom. The van der Waals surface area contributed by atoms with Crippen molar-refractivity contribution in [3.63, 3.8) is 0 Å². The number of para-hydroxylation sites is 1. The van der Waals surface area contributed by atoms with E-state index < -0.39 is 29.9 Å². The average Bonchev–Trinajstić information content (AvgIpc) is 3.62. The highest BCUT2D eigenvalue weighted by molar-refractivity contribution is 5.89. The van der Waals surface area contributed by atoms with Crippen LogP contribution in [0.1, 0.15) is 71.7 Å². The van der Waals surface area contributed by atoms with Crippen molar-refractivity contribution in [1.29, 1.82) is 0 Å². The zero-order valence-corrected chi connectivity index (χ0v) is 21.6. The molecule has 13 heteroatoms. The van der Waals surface area contributed by atoms with Gasteiger partial charge >= 0.3 is 18.8 Å². The number of carboxylic acid groups (broad SMARTS) is 1. The first kappa shape index (κ1) is 27.4. The topological polar surface area (TPSA) is 97.9 Å². The SMILES string of the molecule is O=C(O)c1cnc(N2C3CCC2CC(OCc2c(-c4ccccc4OC(F)F)noc2C2CC2)C3)cc1C(F)(F)F. The maximum atomic E-state index is 13.6. The number of aromatic nitrogens is 2. The molecular weight excluding hydrogens is 553 g/mol. The van der Waals surface area contributed by atoms with Crippen molar-refractivity contribution in [1.82, 2.24) is 10.1 Å². The van der Waals surface area contributed by atoms with Gasteiger partial charge in [-0.15, -0.1) is 0 Å². The molecule has 1 aromatic carbocycles. The number of piperidine rings is 1. The Labute approximate surface area is 231 Å². The maximum Gasteiger partial charge on any atom is 0.417 e. The number of rotatable bonds is 9. The molecule has 2 aliphatic heterocycles. The number of anilines is 1. The van der Waals surface area contributed by atoms with Crippen molar-refractivity contribution < 1.29 is 45.8 Å². The molecule has 2 aromatic heterocycles. The third-order valence-electron chi connectivity index (χ3n) is 7.97. The fourth-order valence-corrected chi connectivity index (χ4v) is 6.03. The lowest BCUT2D eigenvalue weighted by Gasteiger charge is -2.40. The Kier molecular flexibility index (Phi) is 7.08. The van der Waals surface area contributed by atoms with Gasteiger partial charge in [-0.3, -0.25) is 0 Å². The van der Waals surface area contributed by atoms with Crippen LogP contribution >= 0.6 is 0 Å². The summed E-state index contributed by atoms with van der Waals surface area (Å²) in [6, 6.07) is 6.91. The van der Waals surface area contributed by atoms with Gasteiger partial charge in [-0.1, -0.05) is 17.3 Å². The lowest BCUT2D eigenvalue weighted by Crippen LogP contribution is -2.46. The number of carboxylic acids is 1. The smallest absolute Gasteiger partial charge is 0.417 e. The van der Waals surface area contributed by atoms with Gasteiger partial charge in [0.1, 0.15) is 23.0 Å². The minimum absolute atomic E-state index is 0.0228. The van der Waals surface area contributed by atoms with E-state index in [1.807, 2.05) is 4.90 Å². The van der Waals surface area contributed by atoms with Crippen LogP contribution < -0.4 is 9.64 Å². The van der Waals surface area contributed by atoms with E-state index in [2.05, 4.69) is 10.1 Å². The van der Waals surface area contributed by atoms with Gasteiger partial charge in [0.15, 0.2) is 0 Å². The van der Waals surface area contributed by atoms with Crippen LogP contribution in [0, 0.1) is 0 Å². The second kappa shape index (κ2) is 10.6. The first-order valence-corrected chi connectivity index (χ1v) is 13.3. The molecule has 2 saturated heterocycles. The zero-order valence-electron chi connectivity index (χ0n) is 21.6. The quantitative estimate of drug-likeness (QED) is 0.282. The Bertz CT molecular complexity index is 1430. The highest BCUT2D eigenvalue weighted by Crippen LogP contribution is 2.46. The minimum Gasteiger partial charge on any atom is -0.478 e. The lowest BCUT2D eigenvalue weighted by atomic mass is 9.98. The number of ether oxygens (including phenoxy) is 2. The van der Waals surface area contributed by atoms with Gasteiger partial charge in [-0.25, -0.2) is 9.78 Å². The number of hydrogen-bond donors (Lipinski definition) is 1. The van der Waals surface area contributed by atoms with Gasteiger partial charge < -0.3 is 24.0 Å². The molecule has 3 fully saturated rings. The predicted octanol–water partition coefficient (Wildman–Crippen LogP) is 6.65. The van der Waals surface area contributed by atoms with Crippen molar-refractivity contribution in [3.8, 4) is 17.0 Å². The summed E-state index contributed by atoms with van der Waals surface area (Å²) in [5.74, 6) is -0.770. The number of fused-ring (bicyclic) bond motifs is 2.